The minimum absolute atomic E-state index is 0.0314. The first-order valence-corrected chi connectivity index (χ1v) is 9.96. The minimum atomic E-state index is -1.32. The molecule has 0 saturated heterocycles. The molecule has 0 bridgehead atoms. The minimum Gasteiger partial charge on any atom is -0.479 e. The monoisotopic (exact) mass is 365 g/mol. The molecule has 148 valence electrons. The number of ketones is 1. The molecule has 1 aliphatic carbocycles. The van der Waals surface area contributed by atoms with Gasteiger partial charge in [-0.05, 0) is 50.5 Å². The van der Waals surface area contributed by atoms with Crippen LogP contribution < -0.4 is 5.73 Å². The Labute approximate surface area is 157 Å². The molecule has 1 aliphatic rings. The zero-order valence-electron chi connectivity index (χ0n) is 16.0. The smallest absolute Gasteiger partial charge is 0.332 e. The molecule has 1 fully saturated rings. The predicted molar refractivity (Wildman–Crippen MR) is 104 cm³/mol. The Morgan fingerprint density at radius 1 is 1.23 bits per heavy atom. The standard InChI is InChI=1S/C21H35NO4/c1-2-3-4-5-6-8-11-17-16(15-22)14-20(24)18(17)12-9-7-10-13-19(23)21(25)26/h7-9,11,16-19,23H,2-6,10,12-15,22H2,1H3,(H,25,26)/b9-7-,11-8+/t16-,17-,18+,19?/m0/s1. The topological polar surface area (TPSA) is 101 Å². The maximum absolute atomic E-state index is 12.3. The number of rotatable bonds is 13. The molecule has 0 aromatic carbocycles. The Morgan fingerprint density at radius 2 is 2.00 bits per heavy atom. The SMILES string of the molecule is CCCCCC/C=C/[C@H]1[C@H](CN)CC(=O)[C@@H]1C/C=C\CCC(O)C(=O)O. The Kier molecular flexibility index (Phi) is 11.1. The molecule has 1 rings (SSSR count). The number of carboxylic acids is 1. The summed E-state index contributed by atoms with van der Waals surface area (Å²) in [6.07, 6.45) is 14.8. The highest BCUT2D eigenvalue weighted by Gasteiger charge is 2.39. The second kappa shape index (κ2) is 12.8. The fraction of sp³-hybridized carbons (Fsp3) is 0.714. The molecule has 0 radical (unpaired) electrons. The third kappa shape index (κ3) is 7.83. The van der Waals surface area contributed by atoms with E-state index >= 15 is 0 Å². The third-order valence-electron chi connectivity index (χ3n) is 5.22. The van der Waals surface area contributed by atoms with Crippen LogP contribution in [-0.2, 0) is 9.59 Å². The molecule has 0 spiro atoms. The van der Waals surface area contributed by atoms with Crippen molar-refractivity contribution in [1.29, 1.82) is 0 Å². The van der Waals surface area contributed by atoms with Gasteiger partial charge in [-0.15, -0.1) is 0 Å². The number of nitrogens with two attached hydrogens (primary N) is 1. The van der Waals surface area contributed by atoms with Gasteiger partial charge in [0, 0.05) is 12.3 Å². The molecule has 0 aliphatic heterocycles. The number of carboxylic acid groups (broad SMARTS) is 1. The number of aliphatic carboxylic acids is 1. The molecule has 5 nitrogen and oxygen atoms in total. The average Bonchev–Trinajstić information content (AvgIpc) is 2.92. The first-order valence-electron chi connectivity index (χ1n) is 9.96. The van der Waals surface area contributed by atoms with Crippen molar-refractivity contribution in [2.45, 2.75) is 70.8 Å². The lowest BCUT2D eigenvalue weighted by Crippen LogP contribution is -2.21. The first kappa shape index (κ1) is 22.6. The lowest BCUT2D eigenvalue weighted by Gasteiger charge is -2.18. The largest absolute Gasteiger partial charge is 0.479 e. The number of hydrogen-bond donors (Lipinski definition) is 3. The molecular weight excluding hydrogens is 330 g/mol. The zero-order valence-corrected chi connectivity index (χ0v) is 16.0. The third-order valence-corrected chi connectivity index (χ3v) is 5.22. The Balaban J connectivity index is 2.50. The van der Waals surface area contributed by atoms with Crippen LogP contribution in [0, 0.1) is 17.8 Å². The van der Waals surface area contributed by atoms with Crippen LogP contribution in [0.1, 0.15) is 64.7 Å². The van der Waals surface area contributed by atoms with E-state index in [0.717, 1.165) is 6.42 Å². The van der Waals surface area contributed by atoms with Gasteiger partial charge in [-0.1, -0.05) is 50.5 Å². The number of aliphatic hydroxyl groups is 1. The molecule has 4 N–H and O–H groups in total. The van der Waals surface area contributed by atoms with Crippen LogP contribution in [0.4, 0.5) is 0 Å². The van der Waals surface area contributed by atoms with Gasteiger partial charge in [0.15, 0.2) is 6.10 Å². The summed E-state index contributed by atoms with van der Waals surface area (Å²) in [5.74, 6) is -0.527. The van der Waals surface area contributed by atoms with Gasteiger partial charge in [0.2, 0.25) is 0 Å². The normalized spacial score (nSPS) is 24.7. The van der Waals surface area contributed by atoms with Crippen molar-refractivity contribution < 1.29 is 19.8 Å². The first-order chi connectivity index (χ1) is 12.5. The molecular formula is C21H35NO4. The van der Waals surface area contributed by atoms with Gasteiger partial charge in [-0.3, -0.25) is 4.79 Å². The Morgan fingerprint density at radius 3 is 2.65 bits per heavy atom. The highest BCUT2D eigenvalue weighted by molar-refractivity contribution is 5.84. The summed E-state index contributed by atoms with van der Waals surface area (Å²) in [6, 6.07) is 0. The van der Waals surface area contributed by atoms with Crippen molar-refractivity contribution in [3.05, 3.63) is 24.3 Å². The number of unbranched alkanes of at least 4 members (excludes halogenated alkanes) is 4. The molecule has 1 saturated carbocycles. The molecule has 26 heavy (non-hydrogen) atoms. The average molecular weight is 366 g/mol. The molecule has 5 heteroatoms. The summed E-state index contributed by atoms with van der Waals surface area (Å²) < 4.78 is 0. The Hall–Kier alpha value is -1.46. The number of hydrogen-bond acceptors (Lipinski definition) is 4. The lowest BCUT2D eigenvalue weighted by molar-refractivity contribution is -0.146. The van der Waals surface area contributed by atoms with E-state index in [-0.39, 0.29) is 30.0 Å². The summed E-state index contributed by atoms with van der Waals surface area (Å²) >= 11 is 0. The van der Waals surface area contributed by atoms with Gasteiger partial charge in [0.25, 0.3) is 0 Å². The molecule has 0 amide bonds. The molecule has 0 aromatic rings. The van der Waals surface area contributed by atoms with Crippen molar-refractivity contribution >= 4 is 11.8 Å². The van der Waals surface area contributed by atoms with Gasteiger partial charge in [-0.2, -0.15) is 0 Å². The summed E-state index contributed by atoms with van der Waals surface area (Å²) in [4.78, 5) is 22.9. The second-order valence-corrected chi connectivity index (χ2v) is 7.27. The van der Waals surface area contributed by atoms with Gasteiger partial charge in [-0.25, -0.2) is 4.79 Å². The van der Waals surface area contributed by atoms with E-state index in [4.69, 9.17) is 10.8 Å². The number of allylic oxidation sites excluding steroid dienone is 4. The quantitative estimate of drug-likeness (QED) is 0.343. The van der Waals surface area contributed by atoms with Gasteiger partial charge in [0.05, 0.1) is 0 Å². The number of carbonyl (C=O) groups is 2. The van der Waals surface area contributed by atoms with Crippen molar-refractivity contribution in [3.8, 4) is 0 Å². The van der Waals surface area contributed by atoms with Crippen LogP contribution in [0.25, 0.3) is 0 Å². The van der Waals surface area contributed by atoms with Crippen LogP contribution in [0.5, 0.6) is 0 Å². The van der Waals surface area contributed by atoms with Crippen molar-refractivity contribution in [1.82, 2.24) is 0 Å². The summed E-state index contributed by atoms with van der Waals surface area (Å²) in [5.41, 5.74) is 5.87. The van der Waals surface area contributed by atoms with Crippen LogP contribution in [0.3, 0.4) is 0 Å². The summed E-state index contributed by atoms with van der Waals surface area (Å²) in [6.45, 7) is 2.73. The predicted octanol–water partition coefficient (Wildman–Crippen LogP) is 3.47. The molecule has 4 atom stereocenters. The van der Waals surface area contributed by atoms with Crippen LogP contribution in [0.15, 0.2) is 24.3 Å². The number of carbonyl (C=O) groups excluding carboxylic acids is 1. The molecule has 0 heterocycles. The molecule has 0 aromatic heterocycles. The van der Waals surface area contributed by atoms with Gasteiger partial charge < -0.3 is 15.9 Å². The Bertz CT molecular complexity index is 486. The van der Waals surface area contributed by atoms with Gasteiger partial charge in [0.1, 0.15) is 5.78 Å². The number of aliphatic hydroxyl groups excluding tert-OH is 1. The maximum atomic E-state index is 12.3. The van der Waals surface area contributed by atoms with Crippen molar-refractivity contribution in [2.75, 3.05) is 6.54 Å². The van der Waals surface area contributed by atoms with E-state index in [2.05, 4.69) is 19.1 Å². The van der Waals surface area contributed by atoms with E-state index in [1.165, 1.54) is 25.7 Å². The van der Waals surface area contributed by atoms with Crippen LogP contribution in [-0.4, -0.2) is 34.6 Å². The lowest BCUT2D eigenvalue weighted by atomic mass is 9.86. The van der Waals surface area contributed by atoms with Gasteiger partial charge >= 0.3 is 5.97 Å². The fourth-order valence-corrected chi connectivity index (χ4v) is 3.59. The molecule has 1 unspecified atom stereocenters. The van der Waals surface area contributed by atoms with Crippen molar-refractivity contribution in [2.24, 2.45) is 23.5 Å². The zero-order chi connectivity index (χ0) is 19.4. The maximum Gasteiger partial charge on any atom is 0.332 e. The summed E-state index contributed by atoms with van der Waals surface area (Å²) in [5, 5.41) is 17.9. The van der Waals surface area contributed by atoms with Crippen molar-refractivity contribution in [3.63, 3.8) is 0 Å². The van der Waals surface area contributed by atoms with E-state index in [1.807, 2.05) is 12.2 Å². The number of Topliss-reactive ketones (excluding diaryl/α,β-unsaturated/α-hetero) is 1. The van der Waals surface area contributed by atoms with Crippen LogP contribution in [0.2, 0.25) is 0 Å². The summed E-state index contributed by atoms with van der Waals surface area (Å²) in [7, 11) is 0. The van der Waals surface area contributed by atoms with E-state index < -0.39 is 12.1 Å². The van der Waals surface area contributed by atoms with E-state index in [0.29, 0.717) is 25.8 Å². The second-order valence-electron chi connectivity index (χ2n) is 7.27. The van der Waals surface area contributed by atoms with Crippen LogP contribution >= 0.6 is 0 Å². The highest BCUT2D eigenvalue weighted by Crippen LogP contribution is 2.37. The van der Waals surface area contributed by atoms with E-state index in [9.17, 15) is 14.7 Å². The fourth-order valence-electron chi connectivity index (χ4n) is 3.59. The highest BCUT2D eigenvalue weighted by atomic mass is 16.4. The van der Waals surface area contributed by atoms with E-state index in [1.54, 1.807) is 0 Å².